The number of hydrogen-bond donors (Lipinski definition) is 0. The lowest BCUT2D eigenvalue weighted by molar-refractivity contribution is 0.558. The molecular weight excluding hydrogens is 138 g/mol. The van der Waals surface area contributed by atoms with Crippen molar-refractivity contribution in [3.05, 3.63) is 11.1 Å². The molecule has 0 aliphatic heterocycles. The Morgan fingerprint density at radius 1 is 1.27 bits per heavy atom. The molecule has 2 heteroatoms. The van der Waals surface area contributed by atoms with E-state index in [4.69, 9.17) is 5.26 Å². The molecule has 0 amide bonds. The van der Waals surface area contributed by atoms with E-state index in [-0.39, 0.29) is 5.57 Å². The number of nitriles is 1. The largest absolute Gasteiger partial charge is 0.284 e. The predicted molar refractivity (Wildman–Crippen MR) is 41.4 cm³/mol. The van der Waals surface area contributed by atoms with Gasteiger partial charge in [0.15, 0.2) is 0 Å². The zero-order chi connectivity index (χ0) is 8.10. The first-order valence-corrected chi connectivity index (χ1v) is 3.88. The van der Waals surface area contributed by atoms with Crippen molar-refractivity contribution in [2.24, 2.45) is 0 Å². The normalized spacial score (nSPS) is 17.2. The highest BCUT2D eigenvalue weighted by Crippen LogP contribution is 2.24. The molecule has 0 aromatic rings. The standard InChI is InChI=1S/C9H10NO/c10-6-9(7-11)8-4-2-1-3-5-8/h1-5H2. The first-order valence-electron chi connectivity index (χ1n) is 3.88. The van der Waals surface area contributed by atoms with Gasteiger partial charge in [0, 0.05) is 0 Å². The van der Waals surface area contributed by atoms with E-state index < -0.39 is 0 Å². The van der Waals surface area contributed by atoms with Crippen molar-refractivity contribution in [2.75, 3.05) is 0 Å². The summed E-state index contributed by atoms with van der Waals surface area (Å²) in [6, 6.07) is 1.88. The van der Waals surface area contributed by atoms with Crippen LogP contribution in [0, 0.1) is 11.3 Å². The van der Waals surface area contributed by atoms with Gasteiger partial charge in [-0.05, 0) is 31.3 Å². The minimum Gasteiger partial charge on any atom is -0.284 e. The molecule has 11 heavy (non-hydrogen) atoms. The number of nitrogens with zero attached hydrogens (tertiary/aromatic N) is 1. The monoisotopic (exact) mass is 148 g/mol. The second kappa shape index (κ2) is 3.92. The van der Waals surface area contributed by atoms with Crippen molar-refractivity contribution >= 4 is 6.29 Å². The maximum absolute atomic E-state index is 10.2. The Morgan fingerprint density at radius 2 is 1.91 bits per heavy atom. The fourth-order valence-electron chi connectivity index (χ4n) is 1.40. The Kier molecular flexibility index (Phi) is 2.85. The lowest BCUT2D eigenvalue weighted by Crippen LogP contribution is -1.98. The predicted octanol–water partition coefficient (Wildman–Crippen LogP) is 1.88. The van der Waals surface area contributed by atoms with Gasteiger partial charge in [-0.1, -0.05) is 6.42 Å². The van der Waals surface area contributed by atoms with Gasteiger partial charge in [-0.2, -0.15) is 5.26 Å². The van der Waals surface area contributed by atoms with Gasteiger partial charge in [0.05, 0.1) is 0 Å². The zero-order valence-electron chi connectivity index (χ0n) is 6.39. The van der Waals surface area contributed by atoms with E-state index in [0.29, 0.717) is 0 Å². The van der Waals surface area contributed by atoms with Gasteiger partial charge < -0.3 is 0 Å². The molecule has 1 aliphatic carbocycles. The summed E-state index contributed by atoms with van der Waals surface area (Å²) >= 11 is 0. The number of rotatable bonds is 1. The molecule has 1 fully saturated rings. The summed E-state index contributed by atoms with van der Waals surface area (Å²) in [5.41, 5.74) is 1.25. The van der Waals surface area contributed by atoms with Gasteiger partial charge in [0.2, 0.25) is 6.29 Å². The van der Waals surface area contributed by atoms with Crippen molar-refractivity contribution in [1.82, 2.24) is 0 Å². The zero-order valence-corrected chi connectivity index (χ0v) is 6.39. The molecule has 1 aliphatic rings. The highest BCUT2D eigenvalue weighted by atomic mass is 16.1. The minimum absolute atomic E-state index is 0.240. The van der Waals surface area contributed by atoms with Gasteiger partial charge in [-0.25, -0.2) is 0 Å². The van der Waals surface area contributed by atoms with E-state index in [1.165, 1.54) is 6.42 Å². The molecule has 0 atom stereocenters. The lowest BCUT2D eigenvalue weighted by Gasteiger charge is -2.12. The van der Waals surface area contributed by atoms with Crippen LogP contribution in [0.15, 0.2) is 11.1 Å². The topological polar surface area (TPSA) is 40.9 Å². The van der Waals surface area contributed by atoms with Crippen LogP contribution < -0.4 is 0 Å². The van der Waals surface area contributed by atoms with Crippen molar-refractivity contribution in [3.63, 3.8) is 0 Å². The lowest BCUT2D eigenvalue weighted by atomic mass is 9.92. The fourth-order valence-corrected chi connectivity index (χ4v) is 1.40. The Labute approximate surface area is 66.5 Å². The second-order valence-corrected chi connectivity index (χ2v) is 2.75. The van der Waals surface area contributed by atoms with Crippen molar-refractivity contribution in [1.29, 1.82) is 5.26 Å². The summed E-state index contributed by atoms with van der Waals surface area (Å²) in [5.74, 6) is 0. The Balaban J connectivity index is 2.75. The highest BCUT2D eigenvalue weighted by molar-refractivity contribution is 5.80. The average Bonchev–Trinajstić information content (AvgIpc) is 2.09. The molecule has 57 valence electrons. The van der Waals surface area contributed by atoms with Crippen LogP contribution in [0.3, 0.4) is 0 Å². The number of carbonyl (C=O) groups excluding carboxylic acids is 1. The second-order valence-electron chi connectivity index (χ2n) is 2.75. The highest BCUT2D eigenvalue weighted by Gasteiger charge is 2.10. The molecule has 0 N–H and O–H groups in total. The summed E-state index contributed by atoms with van der Waals surface area (Å²) in [6.07, 6.45) is 6.97. The molecular formula is C9H10NO. The van der Waals surface area contributed by atoms with Crippen LogP contribution in [0.1, 0.15) is 32.1 Å². The quantitative estimate of drug-likeness (QED) is 0.420. The third-order valence-corrected chi connectivity index (χ3v) is 2.02. The maximum Gasteiger partial charge on any atom is 0.244 e. The molecule has 1 saturated carbocycles. The first-order chi connectivity index (χ1) is 5.38. The van der Waals surface area contributed by atoms with Gasteiger partial charge >= 0.3 is 0 Å². The smallest absolute Gasteiger partial charge is 0.244 e. The van der Waals surface area contributed by atoms with Gasteiger partial charge in [-0.3, -0.25) is 4.79 Å². The Morgan fingerprint density at radius 3 is 2.36 bits per heavy atom. The molecule has 1 rings (SSSR count). The maximum atomic E-state index is 10.2. The summed E-state index contributed by atoms with van der Waals surface area (Å²) in [5, 5.41) is 8.51. The van der Waals surface area contributed by atoms with Gasteiger partial charge in [0.1, 0.15) is 11.6 Å². The Hall–Kier alpha value is -1.10. The summed E-state index contributed by atoms with van der Waals surface area (Å²) in [7, 11) is 0. The van der Waals surface area contributed by atoms with E-state index in [2.05, 4.69) is 0 Å². The molecule has 0 heterocycles. The first kappa shape index (κ1) is 8.00. The van der Waals surface area contributed by atoms with E-state index in [1.807, 2.05) is 6.07 Å². The average molecular weight is 148 g/mol. The molecule has 0 bridgehead atoms. The number of hydrogen-bond acceptors (Lipinski definition) is 2. The molecule has 1 radical (unpaired) electrons. The number of allylic oxidation sites excluding steroid dienone is 2. The van der Waals surface area contributed by atoms with Crippen LogP contribution in [0.2, 0.25) is 0 Å². The molecule has 2 nitrogen and oxygen atoms in total. The van der Waals surface area contributed by atoms with Crippen molar-refractivity contribution in [3.8, 4) is 6.07 Å². The third kappa shape index (κ3) is 1.91. The summed E-state index contributed by atoms with van der Waals surface area (Å²) < 4.78 is 0. The van der Waals surface area contributed by atoms with Crippen molar-refractivity contribution < 1.29 is 4.79 Å². The van der Waals surface area contributed by atoms with Gasteiger partial charge in [0.25, 0.3) is 0 Å². The van der Waals surface area contributed by atoms with E-state index in [0.717, 1.165) is 31.3 Å². The third-order valence-electron chi connectivity index (χ3n) is 2.02. The summed E-state index contributed by atoms with van der Waals surface area (Å²) in [4.78, 5) is 10.2. The van der Waals surface area contributed by atoms with Crippen LogP contribution >= 0.6 is 0 Å². The minimum atomic E-state index is 0.240. The van der Waals surface area contributed by atoms with Crippen LogP contribution in [0.5, 0.6) is 0 Å². The van der Waals surface area contributed by atoms with Crippen LogP contribution in [0.4, 0.5) is 0 Å². The Bertz CT molecular complexity index is 214. The van der Waals surface area contributed by atoms with E-state index in [9.17, 15) is 4.79 Å². The molecule has 0 saturated heterocycles. The van der Waals surface area contributed by atoms with Crippen LogP contribution in [-0.2, 0) is 4.79 Å². The van der Waals surface area contributed by atoms with Crippen molar-refractivity contribution in [2.45, 2.75) is 32.1 Å². The van der Waals surface area contributed by atoms with E-state index >= 15 is 0 Å². The van der Waals surface area contributed by atoms with Crippen LogP contribution in [-0.4, -0.2) is 6.29 Å². The molecule has 0 aromatic carbocycles. The summed E-state index contributed by atoms with van der Waals surface area (Å²) in [6.45, 7) is 0. The fraction of sp³-hybridized carbons (Fsp3) is 0.556. The van der Waals surface area contributed by atoms with Crippen LogP contribution in [0.25, 0.3) is 0 Å². The molecule has 0 unspecified atom stereocenters. The SMILES string of the molecule is N#CC([C]=O)=C1CCCCC1. The van der Waals surface area contributed by atoms with E-state index in [1.54, 1.807) is 6.29 Å². The molecule has 0 spiro atoms. The molecule has 0 aromatic heterocycles. The van der Waals surface area contributed by atoms with Gasteiger partial charge in [-0.15, -0.1) is 0 Å².